The van der Waals surface area contributed by atoms with Crippen molar-refractivity contribution in [1.82, 2.24) is 4.90 Å². The first-order valence-corrected chi connectivity index (χ1v) is 11.3. The van der Waals surface area contributed by atoms with Crippen LogP contribution in [0.1, 0.15) is 25.3 Å². The van der Waals surface area contributed by atoms with Gasteiger partial charge in [0.1, 0.15) is 17.6 Å². The Bertz CT molecular complexity index is 1250. The molecule has 0 amide bonds. The van der Waals surface area contributed by atoms with Crippen molar-refractivity contribution in [2.24, 2.45) is 5.92 Å². The quantitative estimate of drug-likeness (QED) is 0.522. The molecule has 1 unspecified atom stereocenters. The van der Waals surface area contributed by atoms with E-state index in [4.69, 9.17) is 18.6 Å². The van der Waals surface area contributed by atoms with Crippen molar-refractivity contribution < 1.29 is 28.5 Å². The predicted molar refractivity (Wildman–Crippen MR) is 127 cm³/mol. The molecule has 2 heterocycles. The fourth-order valence-electron chi connectivity index (χ4n) is 4.48. The van der Waals surface area contributed by atoms with Gasteiger partial charge in [0.05, 0.1) is 43.3 Å². The second-order valence-electron chi connectivity index (χ2n) is 8.31. The lowest BCUT2D eigenvalue weighted by atomic mass is 9.97. The van der Waals surface area contributed by atoms with E-state index in [1.165, 1.54) is 19.4 Å². The number of rotatable bonds is 7. The minimum absolute atomic E-state index is 0.0489. The molecule has 8 nitrogen and oxygen atoms in total. The van der Waals surface area contributed by atoms with E-state index in [1.807, 2.05) is 0 Å². The molecule has 2 aromatic carbocycles. The number of hydrogen-bond acceptors (Lipinski definition) is 8. The summed E-state index contributed by atoms with van der Waals surface area (Å²) in [6.07, 6.45) is 3.04. The molecule has 34 heavy (non-hydrogen) atoms. The van der Waals surface area contributed by atoms with Crippen LogP contribution in [0.25, 0.3) is 22.1 Å². The lowest BCUT2D eigenvalue weighted by Gasteiger charge is -2.31. The molecule has 0 saturated carbocycles. The molecule has 8 heteroatoms. The Balaban J connectivity index is 1.68. The summed E-state index contributed by atoms with van der Waals surface area (Å²) in [7, 11) is 3.08. The van der Waals surface area contributed by atoms with Crippen LogP contribution in [0.15, 0.2) is 45.8 Å². The van der Waals surface area contributed by atoms with Crippen LogP contribution in [0.3, 0.4) is 0 Å². The number of likely N-dealkylation sites (tertiary alicyclic amines) is 1. The molecule has 4 rings (SSSR count). The van der Waals surface area contributed by atoms with Gasteiger partial charge in [-0.2, -0.15) is 0 Å². The van der Waals surface area contributed by atoms with Gasteiger partial charge in [-0.05, 0) is 56.1 Å². The first kappa shape index (κ1) is 23.6. The van der Waals surface area contributed by atoms with Crippen LogP contribution in [-0.2, 0) is 16.1 Å². The third-order valence-electron chi connectivity index (χ3n) is 6.22. The van der Waals surface area contributed by atoms with E-state index in [9.17, 15) is 14.7 Å². The molecule has 0 aliphatic carbocycles. The number of piperidine rings is 1. The molecule has 1 fully saturated rings. The molecule has 1 saturated heterocycles. The molecule has 3 aromatic rings. The molecule has 0 bridgehead atoms. The summed E-state index contributed by atoms with van der Waals surface area (Å²) >= 11 is 0. The zero-order valence-corrected chi connectivity index (χ0v) is 19.6. The van der Waals surface area contributed by atoms with Crippen LogP contribution in [0.2, 0.25) is 0 Å². The first-order valence-electron chi connectivity index (χ1n) is 11.3. The number of fused-ring (bicyclic) bond motifs is 1. The van der Waals surface area contributed by atoms with E-state index in [2.05, 4.69) is 4.90 Å². The molecule has 0 spiro atoms. The second-order valence-corrected chi connectivity index (χ2v) is 8.31. The van der Waals surface area contributed by atoms with Crippen molar-refractivity contribution in [2.75, 3.05) is 33.9 Å². The monoisotopic (exact) mass is 467 g/mol. The number of ether oxygens (including phenoxy) is 3. The topological polar surface area (TPSA) is 98.4 Å². The van der Waals surface area contributed by atoms with Crippen molar-refractivity contribution >= 4 is 16.9 Å². The van der Waals surface area contributed by atoms with Crippen LogP contribution in [-0.4, -0.2) is 49.9 Å². The fraction of sp³-hybridized carbons (Fsp3) is 0.385. The van der Waals surface area contributed by atoms with E-state index < -0.39 is 0 Å². The first-order chi connectivity index (χ1) is 16.5. The molecular weight excluding hydrogens is 438 g/mol. The minimum Gasteiger partial charge on any atom is -0.507 e. The summed E-state index contributed by atoms with van der Waals surface area (Å²) in [5.74, 6) is 0.723. The van der Waals surface area contributed by atoms with Gasteiger partial charge in [0.15, 0.2) is 11.5 Å². The smallest absolute Gasteiger partial charge is 0.310 e. The number of carbonyl (C=O) groups excluding carboxylic acids is 1. The van der Waals surface area contributed by atoms with E-state index in [1.54, 1.807) is 38.3 Å². The highest BCUT2D eigenvalue weighted by atomic mass is 16.5. The third kappa shape index (κ3) is 4.59. The number of phenolic OH excluding ortho intramolecular Hbond substituents is 1. The summed E-state index contributed by atoms with van der Waals surface area (Å²) in [5.41, 5.74) is 1.67. The second kappa shape index (κ2) is 10.2. The predicted octanol–water partition coefficient (Wildman–Crippen LogP) is 3.96. The standard InChI is InChI=1S/C26H29NO7/c1-4-33-26(30)17-6-5-11-27(13-17)14-19-21(28)9-8-18-24(29)20(15-34-25(18)19)16-7-10-22(31-2)23(12-16)32-3/h7-10,12,15,17,28H,4-6,11,13-14H2,1-3H3. The van der Waals surface area contributed by atoms with Crippen molar-refractivity contribution in [3.8, 4) is 28.4 Å². The van der Waals surface area contributed by atoms with Crippen LogP contribution in [0.5, 0.6) is 17.2 Å². The maximum absolute atomic E-state index is 13.4. The normalized spacial score (nSPS) is 16.4. The molecule has 1 aliphatic rings. The summed E-state index contributed by atoms with van der Waals surface area (Å²) in [6, 6.07) is 8.31. The third-order valence-corrected chi connectivity index (χ3v) is 6.22. The van der Waals surface area contributed by atoms with E-state index in [-0.39, 0.29) is 23.1 Å². The highest BCUT2D eigenvalue weighted by Gasteiger charge is 2.28. The maximum atomic E-state index is 13.4. The molecular formula is C26H29NO7. The highest BCUT2D eigenvalue weighted by Crippen LogP contribution is 2.34. The Kier molecular flexibility index (Phi) is 7.07. The van der Waals surface area contributed by atoms with Crippen molar-refractivity contribution in [1.29, 1.82) is 0 Å². The van der Waals surface area contributed by atoms with E-state index in [0.717, 1.165) is 19.4 Å². The van der Waals surface area contributed by atoms with Gasteiger partial charge >= 0.3 is 5.97 Å². The van der Waals surface area contributed by atoms with Crippen molar-refractivity contribution in [3.05, 3.63) is 52.4 Å². The SMILES string of the molecule is CCOC(=O)C1CCCN(Cc2c(O)ccc3c(=O)c(-c4ccc(OC)c(OC)c4)coc23)C1. The van der Waals surface area contributed by atoms with E-state index in [0.29, 0.717) is 58.9 Å². The van der Waals surface area contributed by atoms with Gasteiger partial charge in [-0.1, -0.05) is 6.07 Å². The Morgan fingerprint density at radius 3 is 2.71 bits per heavy atom. The van der Waals surface area contributed by atoms with Gasteiger partial charge in [-0.25, -0.2) is 0 Å². The van der Waals surface area contributed by atoms with E-state index >= 15 is 0 Å². The van der Waals surface area contributed by atoms with Gasteiger partial charge in [0.2, 0.25) is 5.43 Å². The number of carbonyl (C=O) groups is 1. The number of esters is 1. The Labute approximate surface area is 197 Å². The highest BCUT2D eigenvalue weighted by molar-refractivity contribution is 5.86. The van der Waals surface area contributed by atoms with Crippen LogP contribution < -0.4 is 14.9 Å². The van der Waals surface area contributed by atoms with Crippen LogP contribution >= 0.6 is 0 Å². The summed E-state index contributed by atoms with van der Waals surface area (Å²) in [6.45, 7) is 3.82. The van der Waals surface area contributed by atoms with Gasteiger partial charge in [0.25, 0.3) is 0 Å². The molecule has 1 aliphatic heterocycles. The summed E-state index contributed by atoms with van der Waals surface area (Å²) < 4.78 is 21.7. The fourth-order valence-corrected chi connectivity index (χ4v) is 4.48. The molecule has 1 N–H and O–H groups in total. The average molecular weight is 468 g/mol. The molecule has 1 atom stereocenters. The van der Waals surface area contributed by atoms with Gasteiger partial charge in [0, 0.05) is 13.1 Å². The number of aromatic hydroxyl groups is 1. The van der Waals surface area contributed by atoms with Gasteiger partial charge in [-0.15, -0.1) is 0 Å². The average Bonchev–Trinajstić information content (AvgIpc) is 2.86. The number of methoxy groups -OCH3 is 2. The number of benzene rings is 2. The summed E-state index contributed by atoms with van der Waals surface area (Å²) in [4.78, 5) is 27.7. The van der Waals surface area contributed by atoms with Crippen LogP contribution in [0.4, 0.5) is 0 Å². The summed E-state index contributed by atoms with van der Waals surface area (Å²) in [5, 5.41) is 11.0. The Hall–Kier alpha value is -3.52. The van der Waals surface area contributed by atoms with Crippen molar-refractivity contribution in [3.63, 3.8) is 0 Å². The lowest BCUT2D eigenvalue weighted by molar-refractivity contribution is -0.150. The zero-order chi connectivity index (χ0) is 24.2. The molecule has 1 aromatic heterocycles. The lowest BCUT2D eigenvalue weighted by Crippen LogP contribution is -2.39. The number of hydrogen-bond donors (Lipinski definition) is 1. The van der Waals surface area contributed by atoms with Crippen LogP contribution in [0, 0.1) is 5.92 Å². The Morgan fingerprint density at radius 2 is 1.97 bits per heavy atom. The van der Waals surface area contributed by atoms with Crippen molar-refractivity contribution in [2.45, 2.75) is 26.3 Å². The molecule has 180 valence electrons. The minimum atomic E-state index is -0.210. The van der Waals surface area contributed by atoms with Gasteiger partial charge in [-0.3, -0.25) is 14.5 Å². The Morgan fingerprint density at radius 1 is 1.18 bits per heavy atom. The number of phenols is 1. The van der Waals surface area contributed by atoms with Gasteiger partial charge < -0.3 is 23.7 Å². The largest absolute Gasteiger partial charge is 0.507 e. The number of nitrogens with zero attached hydrogens (tertiary/aromatic N) is 1. The molecule has 0 radical (unpaired) electrons. The maximum Gasteiger partial charge on any atom is 0.310 e. The zero-order valence-electron chi connectivity index (χ0n) is 19.6.